The molecule has 1 aliphatic rings. The minimum absolute atomic E-state index is 0.249. The molecule has 0 radical (unpaired) electrons. The van der Waals surface area contributed by atoms with E-state index in [1.54, 1.807) is 0 Å². The topological polar surface area (TPSA) is 40.5 Å². The lowest BCUT2D eigenvalue weighted by Gasteiger charge is -2.31. The normalized spacial score (nSPS) is 21.0. The number of benzene rings is 1. The van der Waals surface area contributed by atoms with Gasteiger partial charge in [0.15, 0.2) is 0 Å². The highest BCUT2D eigenvalue weighted by Gasteiger charge is 2.35. The van der Waals surface area contributed by atoms with E-state index in [1.165, 1.54) is 11.1 Å². The molecule has 3 nitrogen and oxygen atoms in total. The Morgan fingerprint density at radius 2 is 2.10 bits per heavy atom. The van der Waals surface area contributed by atoms with Gasteiger partial charge in [0.1, 0.15) is 6.04 Å². The fraction of sp³-hybridized carbons (Fsp3) is 0.588. The molecule has 0 aliphatic carbocycles. The monoisotopic (exact) mass is 275 g/mol. The molecule has 110 valence electrons. The lowest BCUT2D eigenvalue weighted by atomic mass is 9.97. The van der Waals surface area contributed by atoms with E-state index in [0.29, 0.717) is 0 Å². The van der Waals surface area contributed by atoms with Crippen LogP contribution in [0.25, 0.3) is 0 Å². The number of rotatable bonds is 6. The maximum Gasteiger partial charge on any atom is 0.320 e. The number of hydrogen-bond donors (Lipinski definition) is 1. The van der Waals surface area contributed by atoms with Crippen LogP contribution in [-0.4, -0.2) is 28.6 Å². The Hall–Kier alpha value is -1.35. The maximum absolute atomic E-state index is 11.4. The zero-order valence-corrected chi connectivity index (χ0v) is 12.5. The highest BCUT2D eigenvalue weighted by molar-refractivity contribution is 5.73. The van der Waals surface area contributed by atoms with Crippen molar-refractivity contribution in [3.8, 4) is 0 Å². The van der Waals surface area contributed by atoms with Gasteiger partial charge in [-0.2, -0.15) is 0 Å². The minimum atomic E-state index is -0.670. The molecule has 1 saturated heterocycles. The van der Waals surface area contributed by atoms with Gasteiger partial charge in [0, 0.05) is 6.04 Å². The highest BCUT2D eigenvalue weighted by Crippen LogP contribution is 2.33. The average Bonchev–Trinajstić information content (AvgIpc) is 2.90. The van der Waals surface area contributed by atoms with Crippen molar-refractivity contribution in [1.29, 1.82) is 0 Å². The van der Waals surface area contributed by atoms with Crippen molar-refractivity contribution < 1.29 is 9.90 Å². The van der Waals surface area contributed by atoms with E-state index in [0.717, 1.165) is 38.6 Å². The fourth-order valence-corrected chi connectivity index (χ4v) is 3.14. The van der Waals surface area contributed by atoms with Gasteiger partial charge in [-0.15, -0.1) is 0 Å². The molecule has 0 bridgehead atoms. The molecule has 1 heterocycles. The Morgan fingerprint density at radius 3 is 2.70 bits per heavy atom. The first-order chi connectivity index (χ1) is 9.63. The van der Waals surface area contributed by atoms with Crippen LogP contribution in [0.2, 0.25) is 0 Å². The Balaban J connectivity index is 2.22. The summed E-state index contributed by atoms with van der Waals surface area (Å²) >= 11 is 0. The van der Waals surface area contributed by atoms with Crippen molar-refractivity contribution in [1.82, 2.24) is 4.90 Å². The lowest BCUT2D eigenvalue weighted by Crippen LogP contribution is -2.38. The molecule has 1 N–H and O–H groups in total. The summed E-state index contributed by atoms with van der Waals surface area (Å²) in [5, 5.41) is 9.41. The van der Waals surface area contributed by atoms with Crippen LogP contribution in [-0.2, 0) is 4.79 Å². The van der Waals surface area contributed by atoms with Gasteiger partial charge in [0.25, 0.3) is 0 Å². The van der Waals surface area contributed by atoms with E-state index in [1.807, 2.05) is 0 Å². The van der Waals surface area contributed by atoms with Gasteiger partial charge < -0.3 is 5.11 Å². The van der Waals surface area contributed by atoms with Gasteiger partial charge >= 0.3 is 5.97 Å². The van der Waals surface area contributed by atoms with Gasteiger partial charge in [-0.25, -0.2) is 0 Å². The quantitative estimate of drug-likeness (QED) is 0.859. The second-order valence-electron chi connectivity index (χ2n) is 5.80. The molecule has 1 aromatic carbocycles. The van der Waals surface area contributed by atoms with Crippen LogP contribution in [0, 0.1) is 6.92 Å². The number of unbranched alkanes of at least 4 members (excludes halogenated alkanes) is 1. The number of carboxylic acids is 1. The summed E-state index contributed by atoms with van der Waals surface area (Å²) in [6, 6.07) is 8.51. The van der Waals surface area contributed by atoms with Crippen molar-refractivity contribution in [3.63, 3.8) is 0 Å². The van der Waals surface area contributed by atoms with E-state index in [2.05, 4.69) is 43.0 Å². The van der Waals surface area contributed by atoms with Crippen LogP contribution in [0.1, 0.15) is 56.2 Å². The van der Waals surface area contributed by atoms with Crippen molar-refractivity contribution >= 4 is 5.97 Å². The molecule has 2 unspecified atom stereocenters. The first-order valence-electron chi connectivity index (χ1n) is 7.68. The van der Waals surface area contributed by atoms with Gasteiger partial charge in [-0.1, -0.05) is 49.6 Å². The van der Waals surface area contributed by atoms with Gasteiger partial charge in [-0.05, 0) is 38.3 Å². The molecule has 0 amide bonds. The largest absolute Gasteiger partial charge is 0.480 e. The summed E-state index contributed by atoms with van der Waals surface area (Å²) in [4.78, 5) is 13.6. The average molecular weight is 275 g/mol. The van der Waals surface area contributed by atoms with Crippen LogP contribution in [0.15, 0.2) is 24.3 Å². The van der Waals surface area contributed by atoms with E-state index >= 15 is 0 Å². The number of aliphatic carboxylic acids is 1. The predicted molar refractivity (Wildman–Crippen MR) is 80.8 cm³/mol. The molecule has 1 aliphatic heterocycles. The van der Waals surface area contributed by atoms with E-state index in [-0.39, 0.29) is 12.1 Å². The van der Waals surface area contributed by atoms with Crippen LogP contribution in [0.3, 0.4) is 0 Å². The zero-order valence-electron chi connectivity index (χ0n) is 12.5. The standard InChI is InChI=1S/C17H25NO2/c1-3-4-6-15(14-10-8-13(2)9-11-14)18-12-5-7-16(18)17(19)20/h8-11,15-16H,3-7,12H2,1-2H3,(H,19,20). The molecular formula is C17H25NO2. The number of carboxylic acid groups (broad SMARTS) is 1. The van der Waals surface area contributed by atoms with Crippen molar-refractivity contribution in [3.05, 3.63) is 35.4 Å². The van der Waals surface area contributed by atoms with Crippen LogP contribution in [0.4, 0.5) is 0 Å². The Labute approximate surface area is 121 Å². The summed E-state index contributed by atoms with van der Waals surface area (Å²) in [6.07, 6.45) is 5.11. The van der Waals surface area contributed by atoms with Crippen LogP contribution >= 0.6 is 0 Å². The van der Waals surface area contributed by atoms with Crippen molar-refractivity contribution in [2.24, 2.45) is 0 Å². The summed E-state index contributed by atoms with van der Waals surface area (Å²) < 4.78 is 0. The number of aryl methyl sites for hydroxylation is 1. The molecule has 0 aromatic heterocycles. The molecule has 3 heteroatoms. The highest BCUT2D eigenvalue weighted by atomic mass is 16.4. The SMILES string of the molecule is CCCCC(c1ccc(C)cc1)N1CCCC1C(=O)O. The summed E-state index contributed by atoms with van der Waals surface area (Å²) in [5.74, 6) is -0.670. The van der Waals surface area contributed by atoms with Crippen LogP contribution in [0.5, 0.6) is 0 Å². The third-order valence-corrected chi connectivity index (χ3v) is 4.27. The summed E-state index contributed by atoms with van der Waals surface area (Å²) in [6.45, 7) is 5.17. The molecular weight excluding hydrogens is 250 g/mol. The maximum atomic E-state index is 11.4. The predicted octanol–water partition coefficient (Wildman–Crippen LogP) is 3.78. The first kappa shape index (κ1) is 15.0. The third-order valence-electron chi connectivity index (χ3n) is 4.27. The van der Waals surface area contributed by atoms with E-state index in [4.69, 9.17) is 0 Å². The van der Waals surface area contributed by atoms with Crippen LogP contribution < -0.4 is 0 Å². The smallest absolute Gasteiger partial charge is 0.320 e. The molecule has 1 aromatic rings. The zero-order chi connectivity index (χ0) is 14.5. The number of nitrogens with zero attached hydrogens (tertiary/aromatic N) is 1. The minimum Gasteiger partial charge on any atom is -0.480 e. The van der Waals surface area contributed by atoms with E-state index in [9.17, 15) is 9.90 Å². The molecule has 0 saturated carbocycles. The number of likely N-dealkylation sites (tertiary alicyclic amines) is 1. The van der Waals surface area contributed by atoms with Crippen molar-refractivity contribution in [2.75, 3.05) is 6.54 Å². The molecule has 2 atom stereocenters. The molecule has 2 rings (SSSR count). The Bertz CT molecular complexity index is 441. The Morgan fingerprint density at radius 1 is 1.40 bits per heavy atom. The van der Waals surface area contributed by atoms with Gasteiger partial charge in [-0.3, -0.25) is 9.69 Å². The summed E-state index contributed by atoms with van der Waals surface area (Å²) in [5.41, 5.74) is 2.51. The molecule has 20 heavy (non-hydrogen) atoms. The fourth-order valence-electron chi connectivity index (χ4n) is 3.14. The van der Waals surface area contributed by atoms with Gasteiger partial charge in [0.05, 0.1) is 0 Å². The number of hydrogen-bond acceptors (Lipinski definition) is 2. The summed E-state index contributed by atoms with van der Waals surface area (Å²) in [7, 11) is 0. The lowest BCUT2D eigenvalue weighted by molar-refractivity contribution is -0.143. The van der Waals surface area contributed by atoms with Gasteiger partial charge in [0.2, 0.25) is 0 Å². The molecule has 1 fully saturated rings. The number of carbonyl (C=O) groups is 1. The Kier molecular flexibility index (Phi) is 5.18. The van der Waals surface area contributed by atoms with Crippen molar-refractivity contribution in [2.45, 2.75) is 58.0 Å². The van der Waals surface area contributed by atoms with E-state index < -0.39 is 5.97 Å². The second kappa shape index (κ2) is 6.89. The second-order valence-corrected chi connectivity index (χ2v) is 5.80. The third kappa shape index (κ3) is 3.40. The molecule has 0 spiro atoms. The first-order valence-corrected chi connectivity index (χ1v) is 7.68.